The number of pyridine rings is 1. The van der Waals surface area contributed by atoms with Crippen molar-refractivity contribution in [3.8, 4) is 11.6 Å². The molecular formula is C24H26N4O3. The lowest BCUT2D eigenvalue weighted by Gasteiger charge is -2.47. The second-order valence-electron chi connectivity index (χ2n) is 8.23. The zero-order chi connectivity index (χ0) is 21.6. The number of ether oxygens (including phenoxy) is 1. The van der Waals surface area contributed by atoms with Gasteiger partial charge in [-0.1, -0.05) is 12.1 Å². The Hall–Kier alpha value is -3.32. The summed E-state index contributed by atoms with van der Waals surface area (Å²) in [4.78, 5) is 22.2. The number of amides is 1. The molecule has 0 unspecified atom stereocenters. The predicted octanol–water partition coefficient (Wildman–Crippen LogP) is 3.09. The smallest absolute Gasteiger partial charge is 0.257 e. The minimum absolute atomic E-state index is 0.0613. The lowest BCUT2D eigenvalue weighted by atomic mass is 9.89. The Morgan fingerprint density at radius 1 is 1.23 bits per heavy atom. The average Bonchev–Trinajstić information content (AvgIpc) is 3.44. The molecule has 1 fully saturated rings. The summed E-state index contributed by atoms with van der Waals surface area (Å²) in [6.45, 7) is 4.21. The van der Waals surface area contributed by atoms with Crippen LogP contribution in [0.2, 0.25) is 0 Å². The summed E-state index contributed by atoms with van der Waals surface area (Å²) in [5.74, 6) is 0.816. The number of aromatic hydroxyl groups is 1. The second kappa shape index (κ2) is 7.42. The molecule has 2 aromatic heterocycles. The van der Waals surface area contributed by atoms with E-state index in [1.54, 1.807) is 19.4 Å². The summed E-state index contributed by atoms with van der Waals surface area (Å²) in [5.41, 5.74) is 2.84. The number of carbonyl (C=O) groups is 1. The van der Waals surface area contributed by atoms with Crippen LogP contribution in [0.1, 0.15) is 28.0 Å². The molecule has 1 amide bonds. The number of aromatic nitrogens is 2. The van der Waals surface area contributed by atoms with Crippen molar-refractivity contribution in [1.82, 2.24) is 14.5 Å². The first-order valence-electron chi connectivity index (χ1n) is 10.5. The van der Waals surface area contributed by atoms with E-state index < -0.39 is 0 Å². The van der Waals surface area contributed by atoms with Crippen LogP contribution in [-0.2, 0) is 10.3 Å². The van der Waals surface area contributed by atoms with Gasteiger partial charge in [-0.25, -0.2) is 4.98 Å². The number of carbonyl (C=O) groups excluding carboxylic acids is 1. The first kappa shape index (κ1) is 19.6. The second-order valence-corrected chi connectivity index (χ2v) is 8.23. The van der Waals surface area contributed by atoms with Gasteiger partial charge in [-0.2, -0.15) is 0 Å². The first-order valence-corrected chi connectivity index (χ1v) is 10.5. The summed E-state index contributed by atoms with van der Waals surface area (Å²) >= 11 is 0. The standard InChI is InChI=1S/C24H26N4O3/c1-17-6-3-7-18(21(17)29)23(30)26-13-10-24(16-26)20-9-5-12-27(20)22-19(8-4-11-25-22)28(24)14-15-31-2/h3-9,11-12,29H,10,13-16H2,1-2H3/t24-/m0/s1. The maximum absolute atomic E-state index is 13.4. The van der Waals surface area contributed by atoms with Gasteiger partial charge in [-0.3, -0.25) is 4.79 Å². The van der Waals surface area contributed by atoms with E-state index in [1.165, 1.54) is 0 Å². The average molecular weight is 418 g/mol. The number of methoxy groups -OCH3 is 1. The molecule has 1 N–H and O–H groups in total. The molecule has 1 saturated heterocycles. The number of phenols is 1. The summed E-state index contributed by atoms with van der Waals surface area (Å²) in [5, 5.41) is 10.5. The predicted molar refractivity (Wildman–Crippen MR) is 118 cm³/mol. The topological polar surface area (TPSA) is 70.8 Å². The highest BCUT2D eigenvalue weighted by molar-refractivity contribution is 5.97. The van der Waals surface area contributed by atoms with Crippen LogP contribution in [0, 0.1) is 6.92 Å². The van der Waals surface area contributed by atoms with Crippen LogP contribution in [0.4, 0.5) is 5.69 Å². The minimum Gasteiger partial charge on any atom is -0.507 e. The number of likely N-dealkylation sites (tertiary alicyclic amines) is 1. The number of para-hydroxylation sites is 1. The van der Waals surface area contributed by atoms with Crippen LogP contribution in [-0.4, -0.2) is 58.8 Å². The van der Waals surface area contributed by atoms with Gasteiger partial charge in [-0.05, 0) is 49.2 Å². The maximum Gasteiger partial charge on any atom is 0.257 e. The number of hydrogen-bond donors (Lipinski definition) is 1. The molecule has 4 heterocycles. The summed E-state index contributed by atoms with van der Waals surface area (Å²) < 4.78 is 7.56. The molecular weight excluding hydrogens is 392 g/mol. The normalized spacial score (nSPS) is 19.5. The highest BCUT2D eigenvalue weighted by Crippen LogP contribution is 2.47. The number of aryl methyl sites for hydroxylation is 1. The van der Waals surface area contributed by atoms with E-state index in [9.17, 15) is 9.90 Å². The van der Waals surface area contributed by atoms with Crippen LogP contribution >= 0.6 is 0 Å². The van der Waals surface area contributed by atoms with E-state index in [1.807, 2.05) is 42.3 Å². The molecule has 1 aromatic carbocycles. The highest BCUT2D eigenvalue weighted by Gasteiger charge is 2.50. The Kier molecular flexibility index (Phi) is 4.70. The molecule has 2 aliphatic rings. The molecule has 160 valence electrons. The minimum atomic E-state index is -0.382. The highest BCUT2D eigenvalue weighted by atomic mass is 16.5. The third-order valence-corrected chi connectivity index (χ3v) is 6.55. The monoisotopic (exact) mass is 418 g/mol. The van der Waals surface area contributed by atoms with Crippen LogP contribution in [0.15, 0.2) is 54.9 Å². The molecule has 1 spiro atoms. The van der Waals surface area contributed by atoms with Crippen LogP contribution in [0.25, 0.3) is 5.82 Å². The van der Waals surface area contributed by atoms with Gasteiger partial charge in [0, 0.05) is 39.1 Å². The third kappa shape index (κ3) is 2.91. The van der Waals surface area contributed by atoms with Crippen molar-refractivity contribution in [3.05, 3.63) is 71.7 Å². The van der Waals surface area contributed by atoms with Crippen LogP contribution < -0.4 is 4.90 Å². The Bertz CT molecular complexity index is 1140. The molecule has 3 aromatic rings. The molecule has 2 aliphatic heterocycles. The van der Waals surface area contributed by atoms with Gasteiger partial charge in [0.2, 0.25) is 0 Å². The van der Waals surface area contributed by atoms with Crippen molar-refractivity contribution in [3.63, 3.8) is 0 Å². The van der Waals surface area contributed by atoms with Gasteiger partial charge < -0.3 is 24.2 Å². The van der Waals surface area contributed by atoms with E-state index in [4.69, 9.17) is 4.74 Å². The fraction of sp³-hybridized carbons (Fsp3) is 0.333. The molecule has 0 bridgehead atoms. The molecule has 5 rings (SSSR count). The van der Waals surface area contributed by atoms with Crippen molar-refractivity contribution in [1.29, 1.82) is 0 Å². The summed E-state index contributed by atoms with van der Waals surface area (Å²) in [7, 11) is 1.70. The van der Waals surface area contributed by atoms with Crippen molar-refractivity contribution >= 4 is 11.6 Å². The number of rotatable bonds is 4. The lowest BCUT2D eigenvalue weighted by Crippen LogP contribution is -2.53. The number of phenolic OH excluding ortho intramolecular Hbond substituents is 1. The first-order chi connectivity index (χ1) is 15.1. The number of benzene rings is 1. The number of hydrogen-bond acceptors (Lipinski definition) is 5. The van der Waals surface area contributed by atoms with Crippen molar-refractivity contribution in [2.45, 2.75) is 18.9 Å². The Labute approximate surface area is 181 Å². The zero-order valence-electron chi connectivity index (χ0n) is 17.8. The van der Waals surface area contributed by atoms with Gasteiger partial charge >= 0.3 is 0 Å². The number of fused-ring (bicyclic) bond motifs is 4. The number of nitrogens with zero attached hydrogens (tertiary/aromatic N) is 4. The molecule has 0 radical (unpaired) electrons. The van der Waals surface area contributed by atoms with E-state index in [0.29, 0.717) is 37.4 Å². The number of anilines is 1. The third-order valence-electron chi connectivity index (χ3n) is 6.55. The van der Waals surface area contributed by atoms with Crippen molar-refractivity contribution in [2.75, 3.05) is 38.3 Å². The van der Waals surface area contributed by atoms with Gasteiger partial charge in [-0.15, -0.1) is 0 Å². The van der Waals surface area contributed by atoms with Gasteiger partial charge in [0.15, 0.2) is 5.82 Å². The summed E-state index contributed by atoms with van der Waals surface area (Å²) in [6.07, 6.45) is 4.63. The van der Waals surface area contributed by atoms with Crippen molar-refractivity contribution < 1.29 is 14.6 Å². The molecule has 7 nitrogen and oxygen atoms in total. The van der Waals surface area contributed by atoms with Gasteiger partial charge in [0.25, 0.3) is 5.91 Å². The Morgan fingerprint density at radius 2 is 2.10 bits per heavy atom. The summed E-state index contributed by atoms with van der Waals surface area (Å²) in [6, 6.07) is 13.5. The Morgan fingerprint density at radius 3 is 2.94 bits per heavy atom. The fourth-order valence-corrected chi connectivity index (χ4v) is 5.01. The molecule has 31 heavy (non-hydrogen) atoms. The molecule has 0 aliphatic carbocycles. The molecule has 0 saturated carbocycles. The van der Waals surface area contributed by atoms with E-state index in [-0.39, 0.29) is 17.2 Å². The van der Waals surface area contributed by atoms with Crippen LogP contribution in [0.5, 0.6) is 5.75 Å². The van der Waals surface area contributed by atoms with Gasteiger partial charge in [0.1, 0.15) is 11.3 Å². The zero-order valence-corrected chi connectivity index (χ0v) is 17.8. The lowest BCUT2D eigenvalue weighted by molar-refractivity contribution is 0.0778. The maximum atomic E-state index is 13.4. The quantitative estimate of drug-likeness (QED) is 0.705. The van der Waals surface area contributed by atoms with Crippen molar-refractivity contribution in [2.24, 2.45) is 0 Å². The van der Waals surface area contributed by atoms with E-state index >= 15 is 0 Å². The SMILES string of the molecule is COCCN1c2cccnc2-n2cccc2[C@@]12CCN(C(=O)c1cccc(C)c1O)C2. The van der Waals surface area contributed by atoms with Crippen LogP contribution in [0.3, 0.4) is 0 Å². The fourth-order valence-electron chi connectivity index (χ4n) is 5.01. The van der Waals surface area contributed by atoms with E-state index in [2.05, 4.69) is 26.6 Å². The van der Waals surface area contributed by atoms with E-state index in [0.717, 1.165) is 23.6 Å². The van der Waals surface area contributed by atoms with Gasteiger partial charge in [0.05, 0.1) is 23.6 Å². The Balaban J connectivity index is 1.56. The largest absolute Gasteiger partial charge is 0.507 e. The molecule has 7 heteroatoms. The molecule has 1 atom stereocenters.